The summed E-state index contributed by atoms with van der Waals surface area (Å²) in [5.74, 6) is -0.706. The van der Waals surface area contributed by atoms with Crippen LogP contribution in [-0.4, -0.2) is 31.9 Å². The van der Waals surface area contributed by atoms with Gasteiger partial charge in [-0.25, -0.2) is 17.9 Å². The molecule has 30 heavy (non-hydrogen) atoms. The molecule has 0 saturated heterocycles. The van der Waals surface area contributed by atoms with Gasteiger partial charge in [0.15, 0.2) is 17.9 Å². The van der Waals surface area contributed by atoms with Crippen LogP contribution in [0.3, 0.4) is 0 Å². The minimum atomic E-state index is -3.40. The van der Waals surface area contributed by atoms with Gasteiger partial charge in [0, 0.05) is 17.5 Å². The lowest BCUT2D eigenvalue weighted by atomic mass is 10.1. The van der Waals surface area contributed by atoms with E-state index in [1.54, 1.807) is 18.2 Å². The van der Waals surface area contributed by atoms with Gasteiger partial charge in [0.1, 0.15) is 0 Å². The lowest BCUT2D eigenvalue weighted by Crippen LogP contribution is -2.25. The zero-order chi connectivity index (χ0) is 21.4. The van der Waals surface area contributed by atoms with E-state index in [9.17, 15) is 13.2 Å². The van der Waals surface area contributed by atoms with Crippen LogP contribution < -0.4 is 9.46 Å². The second kappa shape index (κ2) is 10.3. The molecule has 0 spiro atoms. The molecule has 3 rings (SSSR count). The summed E-state index contributed by atoms with van der Waals surface area (Å²) in [6.45, 7) is -0.381. The summed E-state index contributed by atoms with van der Waals surface area (Å²) >= 11 is 0. The first-order chi connectivity index (χ1) is 14.4. The highest BCUT2D eigenvalue weighted by Crippen LogP contribution is 2.29. The maximum atomic E-state index is 12.3. The fourth-order valence-corrected chi connectivity index (χ4v) is 4.28. The number of nitrogens with one attached hydrogen (secondary N) is 1. The molecular formula is C22H25NO6S. The van der Waals surface area contributed by atoms with Crippen LogP contribution in [-0.2, 0) is 27.8 Å². The molecule has 0 fully saturated rings. The number of aliphatic carboxylic acids is 1. The van der Waals surface area contributed by atoms with Crippen molar-refractivity contribution in [1.29, 1.82) is 0 Å². The van der Waals surface area contributed by atoms with Crippen LogP contribution in [0.1, 0.15) is 30.4 Å². The number of carboxylic acid groups (broad SMARTS) is 1. The van der Waals surface area contributed by atoms with Crippen LogP contribution in [0.5, 0.6) is 5.75 Å². The predicted molar refractivity (Wildman–Crippen MR) is 114 cm³/mol. The van der Waals surface area contributed by atoms with Crippen molar-refractivity contribution in [1.82, 2.24) is 4.72 Å². The lowest BCUT2D eigenvalue weighted by molar-refractivity contribution is -0.139. The van der Waals surface area contributed by atoms with Crippen molar-refractivity contribution in [2.24, 2.45) is 0 Å². The minimum absolute atomic E-state index is 0.0740. The number of carbonyl (C=O) groups is 1. The molecule has 2 aromatic carbocycles. The number of hydrogen-bond donors (Lipinski definition) is 2. The van der Waals surface area contributed by atoms with Crippen molar-refractivity contribution in [2.45, 2.75) is 32.2 Å². The molecule has 8 heteroatoms. The number of furan rings is 1. The first-order valence-electron chi connectivity index (χ1n) is 9.79. The van der Waals surface area contributed by atoms with Gasteiger partial charge in [-0.05, 0) is 30.9 Å². The maximum absolute atomic E-state index is 12.3. The summed E-state index contributed by atoms with van der Waals surface area (Å²) in [7, 11) is -3.40. The van der Waals surface area contributed by atoms with E-state index in [1.807, 2.05) is 18.2 Å². The summed E-state index contributed by atoms with van der Waals surface area (Å²) in [6.07, 6.45) is 4.80. The molecule has 0 aliphatic heterocycles. The quantitative estimate of drug-likeness (QED) is 0.423. The van der Waals surface area contributed by atoms with E-state index in [4.69, 9.17) is 14.3 Å². The van der Waals surface area contributed by atoms with Gasteiger partial charge in [0.2, 0.25) is 10.0 Å². The molecule has 160 valence electrons. The van der Waals surface area contributed by atoms with Gasteiger partial charge in [0.25, 0.3) is 0 Å². The molecule has 2 N–H and O–H groups in total. The lowest BCUT2D eigenvalue weighted by Gasteiger charge is -2.07. The fraction of sp³-hybridized carbons (Fsp3) is 0.318. The Morgan fingerprint density at radius 1 is 1.03 bits per heavy atom. The monoisotopic (exact) mass is 431 g/mol. The van der Waals surface area contributed by atoms with E-state index in [2.05, 4.69) is 16.9 Å². The van der Waals surface area contributed by atoms with Gasteiger partial charge >= 0.3 is 5.97 Å². The number of unbranched alkanes of at least 4 members (excludes halogenated alkanes) is 2. The van der Waals surface area contributed by atoms with Gasteiger partial charge in [-0.1, -0.05) is 48.9 Å². The third-order valence-electron chi connectivity index (χ3n) is 4.70. The smallest absolute Gasteiger partial charge is 0.341 e. The number of hydrogen-bond acceptors (Lipinski definition) is 5. The zero-order valence-corrected chi connectivity index (χ0v) is 17.4. The van der Waals surface area contributed by atoms with E-state index in [1.165, 1.54) is 11.8 Å². The largest absolute Gasteiger partial charge is 0.479 e. The molecule has 0 aliphatic rings. The second-order valence-corrected chi connectivity index (χ2v) is 8.94. The van der Waals surface area contributed by atoms with Crippen LogP contribution in [0.25, 0.3) is 11.0 Å². The van der Waals surface area contributed by atoms with Crippen molar-refractivity contribution in [3.05, 3.63) is 65.9 Å². The fourth-order valence-electron chi connectivity index (χ4n) is 3.18. The highest BCUT2D eigenvalue weighted by molar-refractivity contribution is 7.89. The number of sulfonamides is 1. The molecular weight excluding hydrogens is 406 g/mol. The topological polar surface area (TPSA) is 106 Å². The Balaban J connectivity index is 1.48. The third kappa shape index (κ3) is 6.33. The first kappa shape index (κ1) is 21.9. The zero-order valence-electron chi connectivity index (χ0n) is 16.5. The summed E-state index contributed by atoms with van der Waals surface area (Å²) in [6, 6.07) is 15.2. The molecule has 0 atom stereocenters. The van der Waals surface area contributed by atoms with E-state index in [0.29, 0.717) is 28.7 Å². The molecule has 0 radical (unpaired) electrons. The molecule has 7 nitrogen and oxygen atoms in total. The SMILES string of the molecule is O=C(O)COc1cccc2c(CNS(=O)(=O)CCCCCc3ccccc3)coc12. The Kier molecular flexibility index (Phi) is 7.48. The first-order valence-corrected chi connectivity index (χ1v) is 11.4. The summed E-state index contributed by atoms with van der Waals surface area (Å²) in [5, 5.41) is 9.44. The van der Waals surface area contributed by atoms with E-state index < -0.39 is 22.6 Å². The Hall–Kier alpha value is -2.84. The van der Waals surface area contributed by atoms with Crippen molar-refractivity contribution in [2.75, 3.05) is 12.4 Å². The number of ether oxygens (including phenoxy) is 1. The van der Waals surface area contributed by atoms with Crippen LogP contribution >= 0.6 is 0 Å². The Morgan fingerprint density at radius 3 is 2.60 bits per heavy atom. The predicted octanol–water partition coefficient (Wildman–Crippen LogP) is 3.73. The number of fused-ring (bicyclic) bond motifs is 1. The number of benzene rings is 2. The number of para-hydroxylation sites is 1. The van der Waals surface area contributed by atoms with Crippen molar-refractivity contribution < 1.29 is 27.5 Å². The van der Waals surface area contributed by atoms with Crippen molar-refractivity contribution >= 4 is 27.0 Å². The number of carboxylic acids is 1. The average molecular weight is 432 g/mol. The summed E-state index contributed by atoms with van der Waals surface area (Å²) in [4.78, 5) is 10.7. The van der Waals surface area contributed by atoms with E-state index in [-0.39, 0.29) is 12.3 Å². The Bertz CT molecular complexity index is 1080. The third-order valence-corrected chi connectivity index (χ3v) is 6.11. The van der Waals surface area contributed by atoms with E-state index >= 15 is 0 Å². The van der Waals surface area contributed by atoms with Crippen LogP contribution in [0.4, 0.5) is 0 Å². The van der Waals surface area contributed by atoms with Crippen LogP contribution in [0, 0.1) is 0 Å². The Morgan fingerprint density at radius 2 is 1.83 bits per heavy atom. The second-order valence-electron chi connectivity index (χ2n) is 7.01. The van der Waals surface area contributed by atoms with Crippen LogP contribution in [0.15, 0.2) is 59.2 Å². The number of rotatable bonds is 12. The molecule has 0 bridgehead atoms. The van der Waals surface area contributed by atoms with Crippen molar-refractivity contribution in [3.63, 3.8) is 0 Å². The normalized spacial score (nSPS) is 11.6. The molecule has 1 heterocycles. The highest BCUT2D eigenvalue weighted by Gasteiger charge is 2.15. The van der Waals surface area contributed by atoms with Gasteiger partial charge in [-0.15, -0.1) is 0 Å². The molecule has 0 aliphatic carbocycles. The maximum Gasteiger partial charge on any atom is 0.341 e. The van der Waals surface area contributed by atoms with Gasteiger partial charge in [-0.3, -0.25) is 0 Å². The van der Waals surface area contributed by atoms with Crippen LogP contribution in [0.2, 0.25) is 0 Å². The average Bonchev–Trinajstić information content (AvgIpc) is 3.15. The Labute approximate surface area is 175 Å². The molecule has 1 aromatic heterocycles. The minimum Gasteiger partial charge on any atom is -0.479 e. The highest BCUT2D eigenvalue weighted by atomic mass is 32.2. The standard InChI is InChI=1S/C22H25NO6S/c24-21(25)16-28-20-12-7-11-19-18(15-29-22(19)20)14-23-30(26,27)13-6-2-5-10-17-8-3-1-4-9-17/h1,3-4,7-9,11-12,15,23H,2,5-6,10,13-14,16H2,(H,24,25). The van der Waals surface area contributed by atoms with E-state index in [0.717, 1.165) is 19.3 Å². The summed E-state index contributed by atoms with van der Waals surface area (Å²) < 4.78 is 37.9. The molecule has 0 amide bonds. The molecule has 3 aromatic rings. The van der Waals surface area contributed by atoms with Crippen molar-refractivity contribution in [3.8, 4) is 5.75 Å². The van der Waals surface area contributed by atoms with Gasteiger partial charge in [0.05, 0.1) is 12.0 Å². The molecule has 0 unspecified atom stereocenters. The van der Waals surface area contributed by atoms with Gasteiger partial charge < -0.3 is 14.3 Å². The van der Waals surface area contributed by atoms with Gasteiger partial charge in [-0.2, -0.15) is 0 Å². The summed E-state index contributed by atoms with van der Waals surface area (Å²) in [5.41, 5.74) is 2.32. The molecule has 0 saturated carbocycles. The number of aryl methyl sites for hydroxylation is 1.